The highest BCUT2D eigenvalue weighted by Crippen LogP contribution is 2.27. The van der Waals surface area contributed by atoms with E-state index in [1.807, 2.05) is 0 Å². The van der Waals surface area contributed by atoms with Gasteiger partial charge in [-0.05, 0) is 18.2 Å². The van der Waals surface area contributed by atoms with Crippen LogP contribution in [0.2, 0.25) is 0 Å². The van der Waals surface area contributed by atoms with E-state index in [0.29, 0.717) is 18.9 Å². The molecule has 1 atom stereocenters. The molecular formula is C11H16FNO2. The first-order valence-corrected chi connectivity index (χ1v) is 4.75. The molecule has 0 bridgehead atoms. The van der Waals surface area contributed by atoms with E-state index >= 15 is 0 Å². The summed E-state index contributed by atoms with van der Waals surface area (Å²) in [5, 5.41) is 0. The third-order valence-electron chi connectivity index (χ3n) is 2.28. The molecule has 0 spiro atoms. The van der Waals surface area contributed by atoms with E-state index in [1.54, 1.807) is 20.3 Å². The van der Waals surface area contributed by atoms with Crippen molar-refractivity contribution in [1.29, 1.82) is 0 Å². The molecule has 0 aliphatic heterocycles. The Morgan fingerprint density at radius 2 is 2.13 bits per heavy atom. The lowest BCUT2D eigenvalue weighted by molar-refractivity contribution is 0.179. The maximum absolute atomic E-state index is 13.1. The lowest BCUT2D eigenvalue weighted by atomic mass is 9.99. The van der Waals surface area contributed by atoms with Gasteiger partial charge in [0.15, 0.2) is 0 Å². The summed E-state index contributed by atoms with van der Waals surface area (Å²) >= 11 is 0. The Balaban J connectivity index is 3.02. The molecule has 4 heteroatoms. The first kappa shape index (κ1) is 11.9. The average Bonchev–Trinajstić information content (AvgIpc) is 2.26. The summed E-state index contributed by atoms with van der Waals surface area (Å²) in [5.41, 5.74) is 6.36. The van der Waals surface area contributed by atoms with Gasteiger partial charge in [0.1, 0.15) is 11.6 Å². The van der Waals surface area contributed by atoms with Gasteiger partial charge in [-0.25, -0.2) is 4.39 Å². The van der Waals surface area contributed by atoms with Crippen LogP contribution in [0, 0.1) is 5.82 Å². The standard InChI is InChI=1S/C11H16FNO2/c1-14-7-8(6-13)10-5-9(12)3-4-11(10)15-2/h3-5,8H,6-7,13H2,1-2H3. The fraction of sp³-hybridized carbons (Fsp3) is 0.455. The van der Waals surface area contributed by atoms with Gasteiger partial charge in [0.25, 0.3) is 0 Å². The average molecular weight is 213 g/mol. The van der Waals surface area contributed by atoms with Gasteiger partial charge in [0, 0.05) is 25.1 Å². The monoisotopic (exact) mass is 213 g/mol. The van der Waals surface area contributed by atoms with E-state index in [1.165, 1.54) is 12.1 Å². The summed E-state index contributed by atoms with van der Waals surface area (Å²) in [5.74, 6) is 0.310. The zero-order chi connectivity index (χ0) is 11.3. The Hall–Kier alpha value is -1.13. The number of ether oxygens (including phenoxy) is 2. The highest BCUT2D eigenvalue weighted by Gasteiger charge is 2.15. The van der Waals surface area contributed by atoms with Gasteiger partial charge in [0.05, 0.1) is 13.7 Å². The quantitative estimate of drug-likeness (QED) is 0.806. The van der Waals surface area contributed by atoms with Crippen molar-refractivity contribution < 1.29 is 13.9 Å². The van der Waals surface area contributed by atoms with Crippen LogP contribution in [0.1, 0.15) is 11.5 Å². The Morgan fingerprint density at radius 1 is 1.40 bits per heavy atom. The van der Waals surface area contributed by atoms with Gasteiger partial charge in [-0.2, -0.15) is 0 Å². The number of hydrogen-bond donors (Lipinski definition) is 1. The first-order valence-electron chi connectivity index (χ1n) is 4.75. The van der Waals surface area contributed by atoms with Gasteiger partial charge in [-0.3, -0.25) is 0 Å². The van der Waals surface area contributed by atoms with Crippen molar-refractivity contribution in [2.24, 2.45) is 5.73 Å². The fourth-order valence-electron chi connectivity index (χ4n) is 1.51. The van der Waals surface area contributed by atoms with Gasteiger partial charge in [0.2, 0.25) is 0 Å². The molecule has 0 saturated carbocycles. The predicted molar refractivity (Wildman–Crippen MR) is 56.6 cm³/mol. The summed E-state index contributed by atoms with van der Waals surface area (Å²) < 4.78 is 23.3. The van der Waals surface area contributed by atoms with Crippen LogP contribution < -0.4 is 10.5 Å². The lowest BCUT2D eigenvalue weighted by Crippen LogP contribution is -2.18. The Kier molecular flexibility index (Phi) is 4.52. The third-order valence-corrected chi connectivity index (χ3v) is 2.28. The summed E-state index contributed by atoms with van der Waals surface area (Å²) in [6, 6.07) is 4.40. The van der Waals surface area contributed by atoms with Crippen LogP contribution in [0.3, 0.4) is 0 Å². The van der Waals surface area contributed by atoms with Crippen LogP contribution in [0.4, 0.5) is 4.39 Å². The summed E-state index contributed by atoms with van der Waals surface area (Å²) in [7, 11) is 3.14. The van der Waals surface area contributed by atoms with E-state index < -0.39 is 0 Å². The van der Waals surface area contributed by atoms with E-state index in [9.17, 15) is 4.39 Å². The van der Waals surface area contributed by atoms with Crippen molar-refractivity contribution >= 4 is 0 Å². The van der Waals surface area contributed by atoms with Gasteiger partial charge >= 0.3 is 0 Å². The molecule has 0 fully saturated rings. The number of halogens is 1. The molecular weight excluding hydrogens is 197 g/mol. The number of benzene rings is 1. The van der Waals surface area contributed by atoms with Crippen molar-refractivity contribution in [2.45, 2.75) is 5.92 Å². The summed E-state index contributed by atoms with van der Waals surface area (Å²) in [4.78, 5) is 0. The molecule has 1 rings (SSSR count). The fourth-order valence-corrected chi connectivity index (χ4v) is 1.51. The zero-order valence-corrected chi connectivity index (χ0v) is 9.00. The van der Waals surface area contributed by atoms with E-state index in [0.717, 1.165) is 5.56 Å². The number of rotatable bonds is 5. The normalized spacial score (nSPS) is 12.5. The van der Waals surface area contributed by atoms with Crippen molar-refractivity contribution in [3.05, 3.63) is 29.6 Å². The van der Waals surface area contributed by atoms with Crippen LogP contribution in [-0.4, -0.2) is 27.4 Å². The number of hydrogen-bond acceptors (Lipinski definition) is 3. The number of methoxy groups -OCH3 is 2. The highest BCUT2D eigenvalue weighted by atomic mass is 19.1. The van der Waals surface area contributed by atoms with Crippen molar-refractivity contribution in [2.75, 3.05) is 27.4 Å². The van der Waals surface area contributed by atoms with E-state index in [-0.39, 0.29) is 11.7 Å². The highest BCUT2D eigenvalue weighted by molar-refractivity contribution is 5.37. The lowest BCUT2D eigenvalue weighted by Gasteiger charge is -2.17. The molecule has 0 heterocycles. The molecule has 0 saturated heterocycles. The zero-order valence-electron chi connectivity index (χ0n) is 9.00. The maximum Gasteiger partial charge on any atom is 0.123 e. The summed E-state index contributed by atoms with van der Waals surface area (Å²) in [6.45, 7) is 0.851. The second kappa shape index (κ2) is 5.68. The van der Waals surface area contributed by atoms with Crippen LogP contribution in [-0.2, 0) is 4.74 Å². The van der Waals surface area contributed by atoms with Gasteiger partial charge in [-0.15, -0.1) is 0 Å². The molecule has 0 aliphatic rings. The molecule has 0 aliphatic carbocycles. The smallest absolute Gasteiger partial charge is 0.123 e. The summed E-state index contributed by atoms with van der Waals surface area (Å²) in [6.07, 6.45) is 0. The Morgan fingerprint density at radius 3 is 2.67 bits per heavy atom. The molecule has 0 amide bonds. The minimum Gasteiger partial charge on any atom is -0.496 e. The molecule has 0 radical (unpaired) electrons. The van der Waals surface area contributed by atoms with E-state index in [4.69, 9.17) is 15.2 Å². The minimum atomic E-state index is -0.291. The Bertz CT molecular complexity index is 317. The molecule has 0 aromatic heterocycles. The molecule has 2 N–H and O–H groups in total. The first-order chi connectivity index (χ1) is 7.22. The van der Waals surface area contributed by atoms with Gasteiger partial charge < -0.3 is 15.2 Å². The molecule has 1 aromatic carbocycles. The second-order valence-corrected chi connectivity index (χ2v) is 3.27. The van der Waals surface area contributed by atoms with Crippen molar-refractivity contribution in [1.82, 2.24) is 0 Å². The van der Waals surface area contributed by atoms with Crippen LogP contribution in [0.5, 0.6) is 5.75 Å². The SMILES string of the molecule is COCC(CN)c1cc(F)ccc1OC. The maximum atomic E-state index is 13.1. The molecule has 3 nitrogen and oxygen atoms in total. The predicted octanol–water partition coefficient (Wildman–Crippen LogP) is 1.52. The van der Waals surface area contributed by atoms with E-state index in [2.05, 4.69) is 0 Å². The van der Waals surface area contributed by atoms with Gasteiger partial charge in [-0.1, -0.05) is 0 Å². The molecule has 15 heavy (non-hydrogen) atoms. The third kappa shape index (κ3) is 2.91. The molecule has 1 unspecified atom stereocenters. The topological polar surface area (TPSA) is 44.5 Å². The Labute approximate surface area is 89.0 Å². The number of nitrogens with two attached hydrogens (primary N) is 1. The minimum absolute atomic E-state index is 0.0411. The second-order valence-electron chi connectivity index (χ2n) is 3.27. The molecule has 1 aromatic rings. The van der Waals surface area contributed by atoms with Crippen molar-refractivity contribution in [3.63, 3.8) is 0 Å². The van der Waals surface area contributed by atoms with Crippen LogP contribution in [0.25, 0.3) is 0 Å². The van der Waals surface area contributed by atoms with Crippen LogP contribution in [0.15, 0.2) is 18.2 Å². The van der Waals surface area contributed by atoms with Crippen molar-refractivity contribution in [3.8, 4) is 5.75 Å². The van der Waals surface area contributed by atoms with Crippen LogP contribution >= 0.6 is 0 Å². The molecule has 84 valence electrons. The largest absolute Gasteiger partial charge is 0.496 e.